The molecular weight excluding hydrogens is 334 g/mol. The Kier molecular flexibility index (Phi) is 3.96. The van der Waals surface area contributed by atoms with Gasteiger partial charge in [-0.25, -0.2) is 0 Å². The van der Waals surface area contributed by atoms with Crippen molar-refractivity contribution in [1.29, 1.82) is 0 Å². The van der Waals surface area contributed by atoms with Gasteiger partial charge < -0.3 is 5.32 Å². The highest BCUT2D eigenvalue weighted by atomic mass is 35.5. The number of nitrogens with zero attached hydrogens (tertiary/aromatic N) is 1. The molecule has 0 aliphatic carbocycles. The summed E-state index contributed by atoms with van der Waals surface area (Å²) in [6.07, 6.45) is 0. The first-order chi connectivity index (χ1) is 12.2. The number of nitrogens with one attached hydrogen (secondary N) is 2. The van der Waals surface area contributed by atoms with Crippen LogP contribution >= 0.6 is 11.6 Å². The van der Waals surface area contributed by atoms with E-state index in [1.807, 2.05) is 24.3 Å². The van der Waals surface area contributed by atoms with Crippen LogP contribution < -0.4 is 5.32 Å². The third kappa shape index (κ3) is 3.25. The minimum Gasteiger partial charge on any atom is -0.305 e. The number of aromatic nitrogens is 2. The van der Waals surface area contributed by atoms with Crippen LogP contribution in [0.3, 0.4) is 0 Å². The zero-order valence-electron chi connectivity index (χ0n) is 13.2. The van der Waals surface area contributed by atoms with E-state index in [0.29, 0.717) is 16.4 Å². The molecule has 0 fully saturated rings. The SMILES string of the molecule is O=C(Nc1cc(-c2ccc3ccccc3c2)[nH]n1)c1cccc(Cl)c1. The molecule has 0 unspecified atom stereocenters. The molecule has 1 heterocycles. The summed E-state index contributed by atoms with van der Waals surface area (Å²) < 4.78 is 0. The Hall–Kier alpha value is -3.11. The Morgan fingerprint density at radius 3 is 2.60 bits per heavy atom. The molecule has 5 heteroatoms. The van der Waals surface area contributed by atoms with Crippen LogP contribution in [0.2, 0.25) is 5.02 Å². The number of fused-ring (bicyclic) bond motifs is 1. The summed E-state index contributed by atoms with van der Waals surface area (Å²) in [6, 6.07) is 22.9. The molecule has 3 aromatic carbocycles. The van der Waals surface area contributed by atoms with Crippen LogP contribution in [0, 0.1) is 0 Å². The molecule has 0 saturated heterocycles. The number of anilines is 1. The maximum absolute atomic E-state index is 12.3. The number of halogens is 1. The van der Waals surface area contributed by atoms with Gasteiger partial charge in [-0.3, -0.25) is 9.89 Å². The van der Waals surface area contributed by atoms with E-state index in [9.17, 15) is 4.79 Å². The van der Waals surface area contributed by atoms with Crippen molar-refractivity contribution in [3.8, 4) is 11.3 Å². The standard InChI is InChI=1S/C20H14ClN3O/c21-17-7-3-6-16(11-17)20(25)22-19-12-18(23-24-19)15-9-8-13-4-1-2-5-14(13)10-15/h1-12H,(H2,22,23,24,25). The van der Waals surface area contributed by atoms with Gasteiger partial charge in [0.1, 0.15) is 0 Å². The highest BCUT2D eigenvalue weighted by molar-refractivity contribution is 6.31. The molecule has 2 N–H and O–H groups in total. The Morgan fingerprint density at radius 1 is 0.920 bits per heavy atom. The van der Waals surface area contributed by atoms with Crippen LogP contribution in [-0.4, -0.2) is 16.1 Å². The van der Waals surface area contributed by atoms with Crippen molar-refractivity contribution in [1.82, 2.24) is 10.2 Å². The second kappa shape index (κ2) is 6.42. The Bertz CT molecular complexity index is 1070. The largest absolute Gasteiger partial charge is 0.305 e. The van der Waals surface area contributed by atoms with E-state index in [4.69, 9.17) is 11.6 Å². The number of benzene rings is 3. The van der Waals surface area contributed by atoms with Gasteiger partial charge in [-0.15, -0.1) is 0 Å². The third-order valence-electron chi connectivity index (χ3n) is 3.97. The lowest BCUT2D eigenvalue weighted by Gasteiger charge is -2.02. The maximum atomic E-state index is 12.3. The van der Waals surface area contributed by atoms with Crippen LogP contribution in [0.15, 0.2) is 72.8 Å². The van der Waals surface area contributed by atoms with Gasteiger partial charge in [0.05, 0.1) is 5.69 Å². The molecule has 25 heavy (non-hydrogen) atoms. The highest BCUT2D eigenvalue weighted by Gasteiger charge is 2.10. The van der Waals surface area contributed by atoms with Crippen molar-refractivity contribution in [2.24, 2.45) is 0 Å². The fourth-order valence-electron chi connectivity index (χ4n) is 2.71. The van der Waals surface area contributed by atoms with Crippen molar-refractivity contribution in [3.63, 3.8) is 0 Å². The number of hydrogen-bond acceptors (Lipinski definition) is 2. The summed E-state index contributed by atoms with van der Waals surface area (Å²) in [5.74, 6) is 0.215. The second-order valence-corrected chi connectivity index (χ2v) is 6.13. The summed E-state index contributed by atoms with van der Waals surface area (Å²) in [6.45, 7) is 0. The first kappa shape index (κ1) is 15.4. The second-order valence-electron chi connectivity index (χ2n) is 5.69. The van der Waals surface area contributed by atoms with Crippen LogP contribution in [0.25, 0.3) is 22.0 Å². The van der Waals surface area contributed by atoms with Gasteiger partial charge in [0, 0.05) is 22.2 Å². The van der Waals surface area contributed by atoms with Crippen molar-refractivity contribution >= 4 is 34.1 Å². The normalized spacial score (nSPS) is 10.8. The molecule has 1 aromatic heterocycles. The summed E-state index contributed by atoms with van der Waals surface area (Å²) in [4.78, 5) is 12.3. The lowest BCUT2D eigenvalue weighted by atomic mass is 10.1. The number of aromatic amines is 1. The average Bonchev–Trinajstić information content (AvgIpc) is 3.10. The molecule has 0 spiro atoms. The molecule has 1 amide bonds. The molecule has 0 aliphatic heterocycles. The molecule has 0 radical (unpaired) electrons. The maximum Gasteiger partial charge on any atom is 0.256 e. The monoisotopic (exact) mass is 347 g/mol. The molecule has 4 nitrogen and oxygen atoms in total. The Labute approximate surface area is 149 Å². The van der Waals surface area contributed by atoms with E-state index < -0.39 is 0 Å². The van der Waals surface area contributed by atoms with E-state index >= 15 is 0 Å². The Balaban J connectivity index is 1.58. The predicted molar refractivity (Wildman–Crippen MR) is 101 cm³/mol. The van der Waals surface area contributed by atoms with Gasteiger partial charge in [0.2, 0.25) is 0 Å². The fourth-order valence-corrected chi connectivity index (χ4v) is 2.90. The van der Waals surface area contributed by atoms with Gasteiger partial charge in [-0.2, -0.15) is 5.10 Å². The smallest absolute Gasteiger partial charge is 0.256 e. The van der Waals surface area contributed by atoms with Crippen molar-refractivity contribution < 1.29 is 4.79 Å². The zero-order valence-corrected chi connectivity index (χ0v) is 13.9. The van der Waals surface area contributed by atoms with Crippen LogP contribution in [0.1, 0.15) is 10.4 Å². The van der Waals surface area contributed by atoms with E-state index in [1.165, 1.54) is 5.39 Å². The third-order valence-corrected chi connectivity index (χ3v) is 4.20. The number of H-pyrrole nitrogens is 1. The molecule has 0 atom stereocenters. The summed E-state index contributed by atoms with van der Waals surface area (Å²) in [5, 5.41) is 12.8. The van der Waals surface area contributed by atoms with Gasteiger partial charge in [-0.1, -0.05) is 54.1 Å². The van der Waals surface area contributed by atoms with E-state index in [2.05, 4.69) is 39.8 Å². The van der Waals surface area contributed by atoms with Crippen molar-refractivity contribution in [2.45, 2.75) is 0 Å². The van der Waals surface area contributed by atoms with E-state index in [0.717, 1.165) is 16.6 Å². The highest BCUT2D eigenvalue weighted by Crippen LogP contribution is 2.24. The number of carbonyl (C=O) groups is 1. The summed E-state index contributed by atoms with van der Waals surface area (Å²) in [5.41, 5.74) is 2.34. The molecule has 4 aromatic rings. The minimum absolute atomic E-state index is 0.251. The van der Waals surface area contributed by atoms with Crippen LogP contribution in [0.5, 0.6) is 0 Å². The first-order valence-corrected chi connectivity index (χ1v) is 8.18. The minimum atomic E-state index is -0.251. The predicted octanol–water partition coefficient (Wildman–Crippen LogP) is 5.14. The fraction of sp³-hybridized carbons (Fsp3) is 0. The Morgan fingerprint density at radius 2 is 1.76 bits per heavy atom. The first-order valence-electron chi connectivity index (χ1n) is 7.80. The molecule has 0 aliphatic rings. The number of hydrogen-bond donors (Lipinski definition) is 2. The van der Waals surface area contributed by atoms with Gasteiger partial charge in [-0.05, 0) is 35.0 Å². The van der Waals surface area contributed by atoms with Crippen molar-refractivity contribution in [2.75, 3.05) is 5.32 Å². The number of rotatable bonds is 3. The van der Waals surface area contributed by atoms with Gasteiger partial charge in [0.25, 0.3) is 5.91 Å². The molecule has 4 rings (SSSR count). The number of carbonyl (C=O) groups excluding carboxylic acids is 1. The lowest BCUT2D eigenvalue weighted by molar-refractivity contribution is 0.102. The van der Waals surface area contributed by atoms with Gasteiger partial charge >= 0.3 is 0 Å². The summed E-state index contributed by atoms with van der Waals surface area (Å²) in [7, 11) is 0. The summed E-state index contributed by atoms with van der Waals surface area (Å²) >= 11 is 5.92. The van der Waals surface area contributed by atoms with E-state index in [1.54, 1.807) is 24.3 Å². The lowest BCUT2D eigenvalue weighted by Crippen LogP contribution is -2.11. The number of amides is 1. The molecule has 0 bridgehead atoms. The molecular formula is C20H14ClN3O. The van der Waals surface area contributed by atoms with Crippen LogP contribution in [0.4, 0.5) is 5.82 Å². The zero-order chi connectivity index (χ0) is 17.2. The molecule has 122 valence electrons. The average molecular weight is 348 g/mol. The van der Waals surface area contributed by atoms with Crippen molar-refractivity contribution in [3.05, 3.63) is 83.4 Å². The topological polar surface area (TPSA) is 57.8 Å². The quantitative estimate of drug-likeness (QED) is 0.539. The molecule has 0 saturated carbocycles. The van der Waals surface area contributed by atoms with Crippen LogP contribution in [-0.2, 0) is 0 Å². The van der Waals surface area contributed by atoms with Gasteiger partial charge in [0.15, 0.2) is 5.82 Å². The van der Waals surface area contributed by atoms with E-state index in [-0.39, 0.29) is 5.91 Å².